The lowest BCUT2D eigenvalue weighted by molar-refractivity contribution is -0.142. The van der Waals surface area contributed by atoms with Crippen LogP contribution in [0.5, 0.6) is 5.75 Å². The molecule has 0 fully saturated rings. The second kappa shape index (κ2) is 19.5. The number of hydrogen-bond donors (Lipinski definition) is 3. The highest BCUT2D eigenvalue weighted by molar-refractivity contribution is 7.14. The first-order valence-corrected chi connectivity index (χ1v) is 19.9. The molecule has 0 radical (unpaired) electrons. The minimum Gasteiger partial charge on any atom is -0.494 e. The molecule has 0 saturated carbocycles. The number of carboxylic acid groups (broad SMARTS) is 1. The standard InChI is InChI=1S/C44H49ClN4O5S/c1-5-6-7-8-9-24-54-35-20-16-31(17-21-35)33-27-46-40(47-28-33)32-14-10-29(11-15-32)25-36(48-42(51)38-22-23-39(55-38)44(2,3)4)41(50)49-37(43(52)53)26-30-12-18-34(45)19-13-30/h10-23,27-28,36-37H,5-9,24-26H2,1-4H3,(H,48,51)(H,49,50)(H,52,53). The van der Waals surface area contributed by atoms with E-state index in [1.807, 2.05) is 54.6 Å². The minimum absolute atomic E-state index is 0.0469. The number of nitrogens with one attached hydrogen (secondary N) is 2. The molecule has 2 unspecified atom stereocenters. The second-order valence-corrected chi connectivity index (χ2v) is 16.2. The molecule has 0 aliphatic rings. The zero-order chi connectivity index (χ0) is 39.4. The van der Waals surface area contributed by atoms with E-state index in [-0.39, 0.29) is 18.3 Å². The Balaban J connectivity index is 1.26. The molecule has 3 aromatic carbocycles. The third-order valence-electron chi connectivity index (χ3n) is 9.17. The predicted molar refractivity (Wildman–Crippen MR) is 220 cm³/mol. The number of halogens is 1. The van der Waals surface area contributed by atoms with Gasteiger partial charge in [0.25, 0.3) is 5.91 Å². The Kier molecular flexibility index (Phi) is 14.6. The molecule has 55 heavy (non-hydrogen) atoms. The molecule has 2 amide bonds. The van der Waals surface area contributed by atoms with Crippen LogP contribution in [0.25, 0.3) is 22.5 Å². The number of ether oxygens (including phenoxy) is 1. The fourth-order valence-corrected chi connectivity index (χ4v) is 7.01. The zero-order valence-electron chi connectivity index (χ0n) is 31.8. The number of aromatic nitrogens is 2. The molecule has 5 aromatic rings. The summed E-state index contributed by atoms with van der Waals surface area (Å²) in [5.74, 6) is -0.814. The van der Waals surface area contributed by atoms with Gasteiger partial charge in [0.2, 0.25) is 5.91 Å². The van der Waals surface area contributed by atoms with Crippen LogP contribution >= 0.6 is 22.9 Å². The minimum atomic E-state index is -1.22. The summed E-state index contributed by atoms with van der Waals surface area (Å²) >= 11 is 7.37. The number of carboxylic acids is 1. The molecule has 11 heteroatoms. The Bertz CT molecular complexity index is 2010. The Morgan fingerprint density at radius 1 is 0.745 bits per heavy atom. The van der Waals surface area contributed by atoms with E-state index in [1.165, 1.54) is 37.0 Å². The Morgan fingerprint density at radius 3 is 1.95 bits per heavy atom. The van der Waals surface area contributed by atoms with Gasteiger partial charge in [-0.15, -0.1) is 11.3 Å². The summed E-state index contributed by atoms with van der Waals surface area (Å²) in [5, 5.41) is 16.0. The molecule has 3 N–H and O–H groups in total. The van der Waals surface area contributed by atoms with Gasteiger partial charge in [-0.25, -0.2) is 14.8 Å². The van der Waals surface area contributed by atoms with Gasteiger partial charge in [0.15, 0.2) is 5.82 Å². The van der Waals surface area contributed by atoms with E-state index >= 15 is 0 Å². The van der Waals surface area contributed by atoms with Gasteiger partial charge in [0, 0.05) is 46.3 Å². The zero-order valence-corrected chi connectivity index (χ0v) is 33.4. The maximum atomic E-state index is 13.8. The van der Waals surface area contributed by atoms with Gasteiger partial charge in [0.05, 0.1) is 11.5 Å². The first-order chi connectivity index (χ1) is 26.4. The monoisotopic (exact) mass is 780 g/mol. The van der Waals surface area contributed by atoms with Crippen molar-refractivity contribution in [1.29, 1.82) is 0 Å². The second-order valence-electron chi connectivity index (χ2n) is 14.7. The van der Waals surface area contributed by atoms with E-state index in [9.17, 15) is 19.5 Å². The van der Waals surface area contributed by atoms with Gasteiger partial charge in [-0.2, -0.15) is 0 Å². The molecular formula is C44H49ClN4O5S. The van der Waals surface area contributed by atoms with Crippen LogP contribution in [0, 0.1) is 0 Å². The molecule has 9 nitrogen and oxygen atoms in total. The summed E-state index contributed by atoms with van der Waals surface area (Å²) in [6.07, 6.45) is 9.72. The Hall–Kier alpha value is -5.06. The molecule has 2 atom stereocenters. The highest BCUT2D eigenvalue weighted by Crippen LogP contribution is 2.30. The highest BCUT2D eigenvalue weighted by atomic mass is 35.5. The van der Waals surface area contributed by atoms with E-state index in [2.05, 4.69) is 48.3 Å². The maximum Gasteiger partial charge on any atom is 0.326 e. The molecular weight excluding hydrogens is 732 g/mol. The third-order valence-corrected chi connectivity index (χ3v) is 10.9. The number of thiophene rings is 1. The van der Waals surface area contributed by atoms with Crippen molar-refractivity contribution in [1.82, 2.24) is 20.6 Å². The van der Waals surface area contributed by atoms with Crippen molar-refractivity contribution in [2.45, 2.75) is 90.1 Å². The van der Waals surface area contributed by atoms with Crippen molar-refractivity contribution in [3.05, 3.63) is 123 Å². The van der Waals surface area contributed by atoms with Gasteiger partial charge in [-0.1, -0.05) is 114 Å². The van der Waals surface area contributed by atoms with Gasteiger partial charge < -0.3 is 20.5 Å². The lowest BCUT2D eigenvalue weighted by Gasteiger charge is -2.22. The number of hydrogen-bond acceptors (Lipinski definition) is 7. The van der Waals surface area contributed by atoms with Crippen molar-refractivity contribution >= 4 is 40.7 Å². The van der Waals surface area contributed by atoms with Crippen LogP contribution in [0.2, 0.25) is 5.02 Å². The van der Waals surface area contributed by atoms with Crippen LogP contribution in [0.1, 0.15) is 85.5 Å². The van der Waals surface area contributed by atoms with Crippen LogP contribution < -0.4 is 15.4 Å². The van der Waals surface area contributed by atoms with Crippen LogP contribution in [0.4, 0.5) is 0 Å². The number of aliphatic carboxylic acids is 1. The maximum absolute atomic E-state index is 13.8. The predicted octanol–water partition coefficient (Wildman–Crippen LogP) is 9.33. The van der Waals surface area contributed by atoms with E-state index in [0.717, 1.165) is 39.3 Å². The quantitative estimate of drug-likeness (QED) is 0.0756. The fourth-order valence-electron chi connectivity index (χ4n) is 5.92. The summed E-state index contributed by atoms with van der Waals surface area (Å²) in [6.45, 7) is 9.13. The van der Waals surface area contributed by atoms with E-state index < -0.39 is 29.9 Å². The lowest BCUT2D eigenvalue weighted by Crippen LogP contribution is -2.53. The van der Waals surface area contributed by atoms with Crippen LogP contribution in [0.15, 0.2) is 97.3 Å². The number of nitrogens with zero attached hydrogens (tertiary/aromatic N) is 2. The van der Waals surface area contributed by atoms with Crippen LogP contribution in [0.3, 0.4) is 0 Å². The molecule has 0 aliphatic carbocycles. The number of carbonyl (C=O) groups excluding carboxylic acids is 2. The topological polar surface area (TPSA) is 131 Å². The summed E-state index contributed by atoms with van der Waals surface area (Å²) in [4.78, 5) is 50.2. The molecule has 2 aromatic heterocycles. The summed E-state index contributed by atoms with van der Waals surface area (Å²) < 4.78 is 5.90. The summed E-state index contributed by atoms with van der Waals surface area (Å²) in [6, 6.07) is 23.5. The van der Waals surface area contributed by atoms with E-state index in [4.69, 9.17) is 16.3 Å². The molecule has 0 spiro atoms. The molecule has 2 heterocycles. The fraction of sp³-hybridized carbons (Fsp3) is 0.341. The normalized spacial score (nSPS) is 12.5. The lowest BCUT2D eigenvalue weighted by atomic mass is 9.95. The highest BCUT2D eigenvalue weighted by Gasteiger charge is 2.28. The number of amides is 2. The SMILES string of the molecule is CCCCCCCOc1ccc(-c2cnc(-c3ccc(CC(NC(=O)c4ccc(C(C)(C)C)s4)C(=O)NC(Cc4ccc(Cl)cc4)C(=O)O)cc3)nc2)cc1. The van der Waals surface area contributed by atoms with Crippen molar-refractivity contribution in [3.8, 4) is 28.3 Å². The molecule has 0 bridgehead atoms. The largest absolute Gasteiger partial charge is 0.494 e. The molecule has 0 saturated heterocycles. The van der Waals surface area contributed by atoms with E-state index in [1.54, 1.807) is 42.7 Å². The van der Waals surface area contributed by atoms with Crippen LogP contribution in [-0.4, -0.2) is 51.5 Å². The third kappa shape index (κ3) is 12.2. The Morgan fingerprint density at radius 2 is 1.35 bits per heavy atom. The average Bonchev–Trinajstić information content (AvgIpc) is 3.69. The number of carbonyl (C=O) groups is 3. The molecule has 288 valence electrons. The van der Waals surface area contributed by atoms with Gasteiger partial charge >= 0.3 is 5.97 Å². The van der Waals surface area contributed by atoms with Crippen LogP contribution in [-0.2, 0) is 27.8 Å². The number of unbranched alkanes of at least 4 members (excludes halogenated alkanes) is 4. The smallest absolute Gasteiger partial charge is 0.326 e. The number of benzene rings is 3. The first-order valence-electron chi connectivity index (χ1n) is 18.7. The Labute approximate surface area is 332 Å². The van der Waals surface area contributed by atoms with Crippen molar-refractivity contribution in [2.24, 2.45) is 0 Å². The summed E-state index contributed by atoms with van der Waals surface area (Å²) in [7, 11) is 0. The molecule has 5 rings (SSSR count). The number of rotatable bonds is 18. The summed E-state index contributed by atoms with van der Waals surface area (Å²) in [5.41, 5.74) is 3.96. The average molecular weight is 781 g/mol. The van der Waals surface area contributed by atoms with Crippen molar-refractivity contribution in [3.63, 3.8) is 0 Å². The van der Waals surface area contributed by atoms with Gasteiger partial charge in [0.1, 0.15) is 17.8 Å². The van der Waals surface area contributed by atoms with Gasteiger partial charge in [-0.3, -0.25) is 9.59 Å². The molecule has 0 aliphatic heterocycles. The van der Waals surface area contributed by atoms with Crippen molar-refractivity contribution in [2.75, 3.05) is 6.61 Å². The van der Waals surface area contributed by atoms with E-state index in [0.29, 0.717) is 27.9 Å². The van der Waals surface area contributed by atoms with Gasteiger partial charge in [-0.05, 0) is 64.9 Å². The first kappa shape index (κ1) is 41.1. The van der Waals surface area contributed by atoms with Crippen molar-refractivity contribution < 1.29 is 24.2 Å².